The molecule has 10 heteroatoms. The van der Waals surface area contributed by atoms with Gasteiger partial charge in [-0.15, -0.1) is 0 Å². The molecule has 4 rings (SSSR count). The second kappa shape index (κ2) is 16.1. The van der Waals surface area contributed by atoms with Gasteiger partial charge < -0.3 is 14.2 Å². The average molecular weight is 651 g/mol. The highest BCUT2D eigenvalue weighted by Crippen LogP contribution is 2.30. The minimum atomic E-state index is -4.21. The lowest BCUT2D eigenvalue weighted by atomic mass is 10.1. The summed E-state index contributed by atoms with van der Waals surface area (Å²) < 4.78 is 77.4. The van der Waals surface area contributed by atoms with Crippen LogP contribution in [0, 0.1) is 6.92 Å². The topological polar surface area (TPSA) is 105 Å². The SMILES string of the molecule is C=C([C@H](OCc1ccccc1)[C@H](OS(C)(=O)=O)[C@@H](COCc1ccccc1)OCc1ccccc1)S(=O)(=O)c1ccc(C)cc1. The monoisotopic (exact) mass is 650 g/mol. The maximum absolute atomic E-state index is 13.9. The fraction of sp³-hybridized carbons (Fsp3) is 0.257. The van der Waals surface area contributed by atoms with Gasteiger partial charge in [-0.1, -0.05) is 115 Å². The number of benzene rings is 4. The van der Waals surface area contributed by atoms with Crippen molar-refractivity contribution in [2.45, 2.75) is 50.0 Å². The molecule has 0 N–H and O–H groups in total. The third kappa shape index (κ3) is 10.5. The molecule has 0 aliphatic heterocycles. The van der Waals surface area contributed by atoms with E-state index in [2.05, 4.69) is 6.58 Å². The van der Waals surface area contributed by atoms with Crippen LogP contribution in [0.4, 0.5) is 0 Å². The summed E-state index contributed by atoms with van der Waals surface area (Å²) in [5.41, 5.74) is 3.32. The Bertz CT molecular complexity index is 1710. The highest BCUT2D eigenvalue weighted by Gasteiger charge is 2.41. The van der Waals surface area contributed by atoms with Crippen molar-refractivity contribution in [3.05, 3.63) is 149 Å². The van der Waals surface area contributed by atoms with E-state index in [0.29, 0.717) is 0 Å². The van der Waals surface area contributed by atoms with Gasteiger partial charge in [-0.05, 0) is 35.7 Å². The maximum Gasteiger partial charge on any atom is 0.264 e. The minimum Gasteiger partial charge on any atom is -0.374 e. The summed E-state index contributed by atoms with van der Waals surface area (Å²) in [6, 6.07) is 34.1. The van der Waals surface area contributed by atoms with Gasteiger partial charge in [-0.2, -0.15) is 8.42 Å². The number of sulfone groups is 1. The number of aryl methyl sites for hydroxylation is 1. The molecular weight excluding hydrogens is 613 g/mol. The van der Waals surface area contributed by atoms with E-state index in [1.165, 1.54) is 12.1 Å². The van der Waals surface area contributed by atoms with Crippen LogP contribution in [0.1, 0.15) is 22.3 Å². The summed E-state index contributed by atoms with van der Waals surface area (Å²) in [4.78, 5) is -0.376. The standard InChI is InChI=1S/C35H38O8S2/c1-27-19-21-32(22-20-27)45(38,39)28(2)34(42-25-31-17-11-6-12-18-31)35(43-44(3,36)37)33(41-24-30-15-9-5-10-16-30)26-40-23-29-13-7-4-8-14-29/h4-22,33-35H,2,23-26H2,1,3H3/t33-,34+,35-/m1/s1. The molecule has 0 radical (unpaired) electrons. The van der Waals surface area contributed by atoms with Crippen molar-refractivity contribution in [2.75, 3.05) is 12.9 Å². The Morgan fingerprint density at radius 2 is 1.13 bits per heavy atom. The van der Waals surface area contributed by atoms with Gasteiger partial charge in [0.05, 0.1) is 42.5 Å². The van der Waals surface area contributed by atoms with Crippen LogP contribution in [0.5, 0.6) is 0 Å². The fourth-order valence-corrected chi connectivity index (χ4v) is 6.48. The molecule has 0 amide bonds. The molecule has 4 aromatic carbocycles. The highest BCUT2D eigenvalue weighted by molar-refractivity contribution is 7.95. The molecule has 0 fully saturated rings. The fourth-order valence-electron chi connectivity index (χ4n) is 4.54. The van der Waals surface area contributed by atoms with Crippen LogP contribution < -0.4 is 0 Å². The zero-order valence-electron chi connectivity index (χ0n) is 25.3. The molecule has 0 aliphatic carbocycles. The van der Waals surface area contributed by atoms with Gasteiger partial charge >= 0.3 is 0 Å². The molecule has 0 heterocycles. The van der Waals surface area contributed by atoms with Crippen molar-refractivity contribution in [1.82, 2.24) is 0 Å². The predicted octanol–water partition coefficient (Wildman–Crippen LogP) is 6.01. The Morgan fingerprint density at radius 1 is 0.667 bits per heavy atom. The van der Waals surface area contributed by atoms with Gasteiger partial charge in [0.15, 0.2) is 0 Å². The summed E-state index contributed by atoms with van der Waals surface area (Å²) in [6.07, 6.45) is -3.14. The average Bonchev–Trinajstić information content (AvgIpc) is 3.03. The molecule has 238 valence electrons. The van der Waals surface area contributed by atoms with Crippen molar-refractivity contribution < 1.29 is 35.2 Å². The Hall–Kier alpha value is -3.64. The lowest BCUT2D eigenvalue weighted by Crippen LogP contribution is -2.47. The molecule has 0 unspecified atom stereocenters. The van der Waals surface area contributed by atoms with E-state index >= 15 is 0 Å². The molecule has 8 nitrogen and oxygen atoms in total. The van der Waals surface area contributed by atoms with Crippen LogP contribution in [0.2, 0.25) is 0 Å². The molecule has 0 aliphatic rings. The van der Waals surface area contributed by atoms with Gasteiger partial charge in [0.25, 0.3) is 10.1 Å². The zero-order chi connectivity index (χ0) is 32.3. The normalized spacial score (nSPS) is 14.0. The van der Waals surface area contributed by atoms with Gasteiger partial charge in [-0.3, -0.25) is 4.18 Å². The van der Waals surface area contributed by atoms with Gasteiger partial charge in [0, 0.05) is 0 Å². The van der Waals surface area contributed by atoms with Gasteiger partial charge in [0.1, 0.15) is 18.3 Å². The highest BCUT2D eigenvalue weighted by atomic mass is 32.2. The first kappa shape index (κ1) is 34.2. The molecule has 0 saturated carbocycles. The van der Waals surface area contributed by atoms with E-state index < -0.39 is 38.3 Å². The molecule has 0 spiro atoms. The van der Waals surface area contributed by atoms with Crippen molar-refractivity contribution >= 4 is 20.0 Å². The maximum atomic E-state index is 13.9. The molecule has 0 saturated heterocycles. The smallest absolute Gasteiger partial charge is 0.264 e. The van der Waals surface area contributed by atoms with E-state index in [9.17, 15) is 16.8 Å². The second-order valence-electron chi connectivity index (χ2n) is 10.6. The third-order valence-corrected chi connectivity index (χ3v) is 9.30. The van der Waals surface area contributed by atoms with Crippen molar-refractivity contribution in [1.29, 1.82) is 0 Å². The summed E-state index contributed by atoms with van der Waals surface area (Å²) in [6.45, 7) is 5.88. The van der Waals surface area contributed by atoms with Crippen LogP contribution >= 0.6 is 0 Å². The Balaban J connectivity index is 1.73. The summed E-state index contributed by atoms with van der Waals surface area (Å²) >= 11 is 0. The summed E-state index contributed by atoms with van der Waals surface area (Å²) in [5.74, 6) is 0. The molecule has 3 atom stereocenters. The van der Waals surface area contributed by atoms with Crippen LogP contribution in [-0.2, 0) is 58.2 Å². The first-order chi connectivity index (χ1) is 21.5. The Labute approximate surface area is 266 Å². The summed E-state index contributed by atoms with van der Waals surface area (Å²) in [7, 11) is -8.37. The molecule has 0 bridgehead atoms. The van der Waals surface area contributed by atoms with Crippen LogP contribution in [0.15, 0.2) is 132 Å². The second-order valence-corrected chi connectivity index (χ2v) is 14.2. The number of hydrogen-bond acceptors (Lipinski definition) is 8. The van der Waals surface area contributed by atoms with Gasteiger partial charge in [0.2, 0.25) is 9.84 Å². The predicted molar refractivity (Wildman–Crippen MR) is 173 cm³/mol. The molecule has 45 heavy (non-hydrogen) atoms. The quantitative estimate of drug-likeness (QED) is 0.128. The lowest BCUT2D eigenvalue weighted by molar-refractivity contribution is -0.119. The van der Waals surface area contributed by atoms with Crippen LogP contribution in [0.25, 0.3) is 0 Å². The van der Waals surface area contributed by atoms with E-state index in [1.807, 2.05) is 97.9 Å². The van der Waals surface area contributed by atoms with Crippen molar-refractivity contribution in [2.24, 2.45) is 0 Å². The third-order valence-electron chi connectivity index (χ3n) is 6.92. The molecular formula is C35H38O8S2. The number of ether oxygens (including phenoxy) is 3. The molecule has 4 aromatic rings. The number of rotatable bonds is 17. The summed E-state index contributed by atoms with van der Waals surface area (Å²) in [5, 5.41) is 0. The first-order valence-corrected chi connectivity index (χ1v) is 17.6. The Kier molecular flexibility index (Phi) is 12.2. The van der Waals surface area contributed by atoms with Crippen molar-refractivity contribution in [3.8, 4) is 0 Å². The van der Waals surface area contributed by atoms with E-state index in [0.717, 1.165) is 28.5 Å². The van der Waals surface area contributed by atoms with Crippen LogP contribution in [-0.4, -0.2) is 48.0 Å². The Morgan fingerprint density at radius 3 is 1.62 bits per heavy atom. The van der Waals surface area contributed by atoms with Crippen molar-refractivity contribution in [3.63, 3.8) is 0 Å². The largest absolute Gasteiger partial charge is 0.374 e. The van der Waals surface area contributed by atoms with Gasteiger partial charge in [-0.25, -0.2) is 8.42 Å². The zero-order valence-corrected chi connectivity index (χ0v) is 27.0. The molecule has 0 aromatic heterocycles. The van der Waals surface area contributed by atoms with E-state index in [4.69, 9.17) is 18.4 Å². The number of hydrogen-bond donors (Lipinski definition) is 0. The van der Waals surface area contributed by atoms with Crippen LogP contribution in [0.3, 0.4) is 0 Å². The lowest BCUT2D eigenvalue weighted by Gasteiger charge is -2.33. The first-order valence-electron chi connectivity index (χ1n) is 14.3. The minimum absolute atomic E-state index is 0.00778. The van der Waals surface area contributed by atoms with E-state index in [1.54, 1.807) is 12.1 Å². The van der Waals surface area contributed by atoms with E-state index in [-0.39, 0.29) is 36.2 Å².